The molecule has 26 heavy (non-hydrogen) atoms. The Morgan fingerprint density at radius 1 is 1.27 bits per heavy atom. The number of anilines is 1. The Hall–Kier alpha value is -2.67. The van der Waals surface area contributed by atoms with Crippen LogP contribution in [-0.4, -0.2) is 21.0 Å². The van der Waals surface area contributed by atoms with E-state index in [4.69, 9.17) is 0 Å². The van der Waals surface area contributed by atoms with Crippen LogP contribution < -0.4 is 10.9 Å². The maximum absolute atomic E-state index is 13.1. The third-order valence-corrected chi connectivity index (χ3v) is 4.68. The number of rotatable bonds is 6. The third-order valence-electron chi connectivity index (χ3n) is 3.69. The first-order valence-corrected chi connectivity index (χ1v) is 9.29. The molecule has 1 amide bonds. The fourth-order valence-corrected chi connectivity index (χ4v) is 3.29. The molecule has 3 aromatic rings. The summed E-state index contributed by atoms with van der Waals surface area (Å²) in [5.41, 5.74) is 2.63. The molecule has 7 heteroatoms. The Morgan fingerprint density at radius 3 is 2.92 bits per heavy atom. The number of carbonyl (C=O) groups excluding carboxylic acids is 1. The van der Waals surface area contributed by atoms with Gasteiger partial charge in [-0.3, -0.25) is 14.0 Å². The number of aromatic nitrogens is 2. The minimum Gasteiger partial charge on any atom is -0.326 e. The highest BCUT2D eigenvalue weighted by Gasteiger charge is 2.06. The van der Waals surface area contributed by atoms with E-state index in [1.165, 1.54) is 34.4 Å². The number of hydrogen-bond acceptors (Lipinski definition) is 4. The van der Waals surface area contributed by atoms with Gasteiger partial charge >= 0.3 is 0 Å². The molecule has 0 aliphatic carbocycles. The van der Waals surface area contributed by atoms with Crippen LogP contribution in [0.15, 0.2) is 53.5 Å². The first-order valence-electron chi connectivity index (χ1n) is 8.13. The monoisotopic (exact) mass is 371 g/mol. The van der Waals surface area contributed by atoms with Gasteiger partial charge in [0.2, 0.25) is 5.91 Å². The molecule has 0 saturated carbocycles. The fraction of sp³-hybridized carbons (Fsp3) is 0.211. The first-order chi connectivity index (χ1) is 12.5. The van der Waals surface area contributed by atoms with Crippen molar-refractivity contribution in [2.75, 3.05) is 11.1 Å². The summed E-state index contributed by atoms with van der Waals surface area (Å²) in [4.78, 5) is 28.5. The van der Waals surface area contributed by atoms with Crippen molar-refractivity contribution >= 4 is 29.0 Å². The van der Waals surface area contributed by atoms with Crippen LogP contribution in [0.3, 0.4) is 0 Å². The molecule has 2 heterocycles. The van der Waals surface area contributed by atoms with Gasteiger partial charge in [0.15, 0.2) is 0 Å². The lowest BCUT2D eigenvalue weighted by atomic mass is 10.3. The van der Waals surface area contributed by atoms with Crippen LogP contribution in [0, 0.1) is 12.7 Å². The number of thioether (sulfide) groups is 1. The van der Waals surface area contributed by atoms with E-state index in [1.54, 1.807) is 18.3 Å². The molecule has 0 saturated heterocycles. The smallest absolute Gasteiger partial charge is 0.258 e. The number of pyridine rings is 1. The molecule has 5 nitrogen and oxygen atoms in total. The van der Waals surface area contributed by atoms with Crippen molar-refractivity contribution in [3.63, 3.8) is 0 Å². The van der Waals surface area contributed by atoms with Gasteiger partial charge in [-0.25, -0.2) is 9.37 Å². The van der Waals surface area contributed by atoms with Gasteiger partial charge in [-0.05, 0) is 36.8 Å². The van der Waals surface area contributed by atoms with Gasteiger partial charge in [0.05, 0.1) is 5.69 Å². The van der Waals surface area contributed by atoms with Crippen LogP contribution in [0.1, 0.15) is 17.7 Å². The summed E-state index contributed by atoms with van der Waals surface area (Å²) in [6, 6.07) is 11.0. The number of fused-ring (bicyclic) bond motifs is 1. The summed E-state index contributed by atoms with van der Waals surface area (Å²) in [7, 11) is 0. The van der Waals surface area contributed by atoms with Crippen molar-refractivity contribution in [1.82, 2.24) is 9.38 Å². The molecule has 0 aliphatic rings. The van der Waals surface area contributed by atoms with Gasteiger partial charge in [-0.1, -0.05) is 12.1 Å². The first kappa shape index (κ1) is 18.1. The zero-order valence-electron chi connectivity index (χ0n) is 14.2. The van der Waals surface area contributed by atoms with Crippen molar-refractivity contribution in [2.24, 2.45) is 0 Å². The molecule has 0 unspecified atom stereocenters. The molecule has 0 aliphatic heterocycles. The topological polar surface area (TPSA) is 63.5 Å². The van der Waals surface area contributed by atoms with Crippen molar-refractivity contribution in [1.29, 1.82) is 0 Å². The highest BCUT2D eigenvalue weighted by Crippen LogP contribution is 2.13. The van der Waals surface area contributed by atoms with Crippen LogP contribution in [-0.2, 0) is 10.5 Å². The molecule has 134 valence electrons. The van der Waals surface area contributed by atoms with Gasteiger partial charge in [0, 0.05) is 35.9 Å². The van der Waals surface area contributed by atoms with Gasteiger partial charge < -0.3 is 5.32 Å². The lowest BCUT2D eigenvalue weighted by Crippen LogP contribution is -2.15. The Labute approximate surface area is 154 Å². The molecule has 0 radical (unpaired) electrons. The molecule has 3 rings (SSSR count). The maximum Gasteiger partial charge on any atom is 0.258 e. The number of amides is 1. The van der Waals surface area contributed by atoms with E-state index >= 15 is 0 Å². The average Bonchev–Trinajstić information content (AvgIpc) is 2.59. The molecular weight excluding hydrogens is 353 g/mol. The number of nitrogens with zero attached hydrogens (tertiary/aromatic N) is 2. The normalized spacial score (nSPS) is 10.8. The molecule has 1 N–H and O–H groups in total. The molecule has 0 spiro atoms. The Balaban J connectivity index is 1.52. The van der Waals surface area contributed by atoms with Crippen molar-refractivity contribution in [3.05, 3.63) is 76.1 Å². The Kier molecular flexibility index (Phi) is 5.68. The molecule has 0 bridgehead atoms. The fourth-order valence-electron chi connectivity index (χ4n) is 2.46. The van der Waals surface area contributed by atoms with Crippen molar-refractivity contribution in [2.45, 2.75) is 19.1 Å². The number of benzene rings is 1. The Morgan fingerprint density at radius 2 is 2.12 bits per heavy atom. The van der Waals surface area contributed by atoms with Crippen LogP contribution in [0.2, 0.25) is 0 Å². The quantitative estimate of drug-likeness (QED) is 0.675. The summed E-state index contributed by atoms with van der Waals surface area (Å²) < 4.78 is 14.6. The summed E-state index contributed by atoms with van der Waals surface area (Å²) in [5, 5.41) is 2.66. The zero-order chi connectivity index (χ0) is 18.5. The van der Waals surface area contributed by atoms with Gasteiger partial charge in [-0.2, -0.15) is 11.8 Å². The second-order valence-electron chi connectivity index (χ2n) is 5.88. The zero-order valence-corrected chi connectivity index (χ0v) is 15.1. The van der Waals surface area contributed by atoms with Crippen molar-refractivity contribution in [3.8, 4) is 0 Å². The van der Waals surface area contributed by atoms with E-state index in [2.05, 4.69) is 10.3 Å². The maximum atomic E-state index is 13.1. The van der Waals surface area contributed by atoms with Gasteiger partial charge in [0.25, 0.3) is 5.56 Å². The van der Waals surface area contributed by atoms with E-state index in [0.29, 0.717) is 35.0 Å². The predicted octanol–water partition coefficient (Wildman–Crippen LogP) is 3.40. The van der Waals surface area contributed by atoms with E-state index < -0.39 is 0 Å². The average molecular weight is 371 g/mol. The summed E-state index contributed by atoms with van der Waals surface area (Å²) >= 11 is 1.52. The van der Waals surface area contributed by atoms with Crippen LogP contribution >= 0.6 is 11.8 Å². The largest absolute Gasteiger partial charge is 0.326 e. The van der Waals surface area contributed by atoms with Crippen LogP contribution in [0.25, 0.3) is 5.65 Å². The Bertz CT molecular complexity index is 1000. The molecule has 0 atom stereocenters. The van der Waals surface area contributed by atoms with E-state index in [-0.39, 0.29) is 17.3 Å². The molecular formula is C19H18FN3O2S. The summed E-state index contributed by atoms with van der Waals surface area (Å²) in [6.45, 7) is 1.92. The third kappa shape index (κ3) is 4.70. The highest BCUT2D eigenvalue weighted by atomic mass is 32.2. The van der Waals surface area contributed by atoms with Gasteiger partial charge in [0.1, 0.15) is 11.5 Å². The number of nitrogens with one attached hydrogen (secondary N) is 1. The van der Waals surface area contributed by atoms with Gasteiger partial charge in [-0.15, -0.1) is 0 Å². The second-order valence-corrected chi connectivity index (χ2v) is 6.99. The van der Waals surface area contributed by atoms with Crippen molar-refractivity contribution < 1.29 is 9.18 Å². The SMILES string of the molecule is Cc1ccc2nc(CSCCC(=O)Nc3cccc(F)c3)cc(=O)n2c1. The molecule has 2 aromatic heterocycles. The van der Waals surface area contributed by atoms with E-state index in [9.17, 15) is 14.0 Å². The lowest BCUT2D eigenvalue weighted by Gasteiger charge is -2.06. The number of hydrogen-bond donors (Lipinski definition) is 1. The standard InChI is InChI=1S/C19H18FN3O2S/c1-13-5-6-17-21-16(10-19(25)23(17)11-13)12-26-8-7-18(24)22-15-4-2-3-14(20)9-15/h2-6,9-11H,7-8,12H2,1H3,(H,22,24). The number of halogens is 1. The lowest BCUT2D eigenvalue weighted by molar-refractivity contribution is -0.115. The minimum atomic E-state index is -0.388. The van der Waals surface area contributed by atoms with Crippen LogP contribution in [0.4, 0.5) is 10.1 Å². The number of carbonyl (C=O) groups is 1. The number of aryl methyl sites for hydroxylation is 1. The summed E-state index contributed by atoms with van der Waals surface area (Å²) in [5.74, 6) is 0.564. The van der Waals surface area contributed by atoms with E-state index in [0.717, 1.165) is 5.56 Å². The predicted molar refractivity (Wildman–Crippen MR) is 102 cm³/mol. The summed E-state index contributed by atoms with van der Waals surface area (Å²) in [6.07, 6.45) is 2.06. The minimum absolute atomic E-state index is 0.113. The van der Waals surface area contributed by atoms with Crippen LogP contribution in [0.5, 0.6) is 0 Å². The highest BCUT2D eigenvalue weighted by molar-refractivity contribution is 7.98. The van der Waals surface area contributed by atoms with E-state index in [1.807, 2.05) is 19.1 Å². The molecule has 0 fully saturated rings. The second kappa shape index (κ2) is 8.14. The molecule has 1 aromatic carbocycles.